The van der Waals surface area contributed by atoms with Gasteiger partial charge in [-0.3, -0.25) is 4.79 Å². The molecular formula is C17H21NO5. The number of cyclic esters (lactones) is 1. The minimum Gasteiger partial charge on any atom is -0.507 e. The number of esters is 1. The zero-order valence-corrected chi connectivity index (χ0v) is 13.6. The first-order chi connectivity index (χ1) is 10.9. The van der Waals surface area contributed by atoms with Gasteiger partial charge in [0.2, 0.25) is 5.91 Å². The monoisotopic (exact) mass is 319 g/mol. The number of carbonyl (C=O) groups excluding carboxylic acids is 2. The Morgan fingerprint density at radius 2 is 2.13 bits per heavy atom. The van der Waals surface area contributed by atoms with E-state index in [0.29, 0.717) is 29.7 Å². The van der Waals surface area contributed by atoms with Crippen molar-refractivity contribution in [2.45, 2.75) is 39.7 Å². The van der Waals surface area contributed by atoms with Crippen molar-refractivity contribution < 1.29 is 24.2 Å². The predicted molar refractivity (Wildman–Crippen MR) is 84.4 cm³/mol. The Labute approximate surface area is 134 Å². The van der Waals surface area contributed by atoms with E-state index in [1.807, 2.05) is 19.9 Å². The molecule has 0 aliphatic carbocycles. The third-order valence-electron chi connectivity index (χ3n) is 4.07. The lowest BCUT2D eigenvalue weighted by molar-refractivity contribution is -0.117. The van der Waals surface area contributed by atoms with Crippen LogP contribution in [0.5, 0.6) is 11.5 Å². The molecule has 0 spiro atoms. The largest absolute Gasteiger partial charge is 0.507 e. The van der Waals surface area contributed by atoms with E-state index in [4.69, 9.17) is 15.2 Å². The third kappa shape index (κ3) is 3.31. The Bertz CT molecular complexity index is 691. The Morgan fingerprint density at radius 1 is 1.43 bits per heavy atom. The van der Waals surface area contributed by atoms with Crippen LogP contribution in [0.2, 0.25) is 0 Å². The van der Waals surface area contributed by atoms with Crippen molar-refractivity contribution in [2.24, 2.45) is 5.73 Å². The Hall–Kier alpha value is -2.50. The van der Waals surface area contributed by atoms with Crippen molar-refractivity contribution in [3.63, 3.8) is 0 Å². The number of hydrogen-bond donors (Lipinski definition) is 2. The van der Waals surface area contributed by atoms with E-state index >= 15 is 0 Å². The number of primary amides is 1. The average Bonchev–Trinajstić information content (AvgIpc) is 2.89. The minimum atomic E-state index is -0.515. The number of phenols is 1. The van der Waals surface area contributed by atoms with Crippen molar-refractivity contribution >= 4 is 11.9 Å². The highest BCUT2D eigenvalue weighted by Crippen LogP contribution is 2.41. The normalized spacial score (nSPS) is 13.7. The molecule has 1 aromatic rings. The molecule has 1 aromatic carbocycles. The molecule has 1 aliphatic rings. The van der Waals surface area contributed by atoms with Gasteiger partial charge in [0.05, 0.1) is 7.11 Å². The number of nitrogens with two attached hydrogens (primary N) is 1. The number of carbonyl (C=O) groups is 2. The van der Waals surface area contributed by atoms with Crippen molar-refractivity contribution in [3.05, 3.63) is 33.9 Å². The summed E-state index contributed by atoms with van der Waals surface area (Å²) in [4.78, 5) is 22.6. The lowest BCUT2D eigenvalue weighted by Gasteiger charge is -2.15. The number of rotatable bonds is 6. The molecule has 1 heterocycles. The van der Waals surface area contributed by atoms with Gasteiger partial charge < -0.3 is 20.3 Å². The molecule has 1 aliphatic heterocycles. The number of benzene rings is 1. The van der Waals surface area contributed by atoms with Gasteiger partial charge in [0, 0.05) is 17.5 Å². The van der Waals surface area contributed by atoms with Crippen LogP contribution in [0.4, 0.5) is 0 Å². The molecule has 0 radical (unpaired) electrons. The Morgan fingerprint density at radius 3 is 2.74 bits per heavy atom. The van der Waals surface area contributed by atoms with Crippen LogP contribution in [0, 0.1) is 6.92 Å². The zero-order chi connectivity index (χ0) is 17.1. The van der Waals surface area contributed by atoms with Crippen LogP contribution in [-0.2, 0) is 22.6 Å². The fraction of sp³-hybridized carbons (Fsp3) is 0.412. The van der Waals surface area contributed by atoms with Crippen LogP contribution in [-0.4, -0.2) is 24.1 Å². The summed E-state index contributed by atoms with van der Waals surface area (Å²) >= 11 is 0. The molecule has 6 heteroatoms. The fourth-order valence-corrected chi connectivity index (χ4v) is 2.73. The average molecular weight is 319 g/mol. The fourth-order valence-electron chi connectivity index (χ4n) is 2.73. The van der Waals surface area contributed by atoms with E-state index in [1.54, 1.807) is 0 Å². The van der Waals surface area contributed by atoms with E-state index in [9.17, 15) is 14.7 Å². The van der Waals surface area contributed by atoms with Gasteiger partial charge in [0.15, 0.2) is 0 Å². The topological polar surface area (TPSA) is 98.9 Å². The summed E-state index contributed by atoms with van der Waals surface area (Å²) in [5.74, 6) is -0.407. The van der Waals surface area contributed by atoms with Crippen LogP contribution in [0.3, 0.4) is 0 Å². The van der Waals surface area contributed by atoms with E-state index in [-0.39, 0.29) is 30.2 Å². The van der Waals surface area contributed by atoms with Crippen LogP contribution in [0.25, 0.3) is 0 Å². The Kier molecular flexibility index (Phi) is 4.93. The summed E-state index contributed by atoms with van der Waals surface area (Å²) in [6.07, 6.45) is 3.12. The number of fused-ring (bicyclic) bond motifs is 1. The molecule has 124 valence electrons. The quantitative estimate of drug-likeness (QED) is 0.618. The summed E-state index contributed by atoms with van der Waals surface area (Å²) < 4.78 is 10.4. The Balaban J connectivity index is 2.37. The summed E-state index contributed by atoms with van der Waals surface area (Å²) in [6, 6.07) is 0. The standard InChI is InChI=1S/C17H21NO5/c1-9(5-7-13(18)19)4-6-11-15(20)14-12(8-23-17(14)21)10(2)16(11)22-3/h4,20H,5-8H2,1-3H3,(H2,18,19). The number of amides is 1. The smallest absolute Gasteiger partial charge is 0.342 e. The molecule has 0 aromatic heterocycles. The van der Waals surface area contributed by atoms with Crippen molar-refractivity contribution in [2.75, 3.05) is 7.11 Å². The van der Waals surface area contributed by atoms with E-state index < -0.39 is 5.97 Å². The first-order valence-corrected chi connectivity index (χ1v) is 7.39. The number of phenolic OH excluding ortho intramolecular Hbond substituents is 1. The molecule has 2 rings (SSSR count). The van der Waals surface area contributed by atoms with Crippen LogP contribution in [0.1, 0.15) is 46.8 Å². The first kappa shape index (κ1) is 16.9. The van der Waals surface area contributed by atoms with Gasteiger partial charge in [-0.15, -0.1) is 0 Å². The number of hydrogen-bond acceptors (Lipinski definition) is 5. The van der Waals surface area contributed by atoms with Crippen LogP contribution in [0.15, 0.2) is 11.6 Å². The summed E-state index contributed by atoms with van der Waals surface area (Å²) in [6.45, 7) is 3.88. The zero-order valence-electron chi connectivity index (χ0n) is 13.6. The number of aromatic hydroxyl groups is 1. The molecule has 23 heavy (non-hydrogen) atoms. The molecule has 0 saturated carbocycles. The number of methoxy groups -OCH3 is 1. The highest BCUT2D eigenvalue weighted by molar-refractivity contribution is 5.98. The van der Waals surface area contributed by atoms with Gasteiger partial charge in [0.25, 0.3) is 0 Å². The summed E-state index contributed by atoms with van der Waals surface area (Å²) in [5.41, 5.74) is 8.35. The SMILES string of the molecule is COc1c(C)c2c(c(O)c1CC=C(C)CCC(N)=O)C(=O)OC2. The molecule has 0 bridgehead atoms. The van der Waals surface area contributed by atoms with Crippen molar-refractivity contribution in [1.29, 1.82) is 0 Å². The molecular weight excluding hydrogens is 298 g/mol. The lowest BCUT2D eigenvalue weighted by atomic mass is 9.94. The third-order valence-corrected chi connectivity index (χ3v) is 4.07. The second-order valence-corrected chi connectivity index (χ2v) is 5.64. The van der Waals surface area contributed by atoms with E-state index in [1.165, 1.54) is 7.11 Å². The van der Waals surface area contributed by atoms with Gasteiger partial charge >= 0.3 is 5.97 Å². The van der Waals surface area contributed by atoms with Crippen molar-refractivity contribution in [1.82, 2.24) is 0 Å². The molecule has 6 nitrogen and oxygen atoms in total. The van der Waals surface area contributed by atoms with Gasteiger partial charge in [0.1, 0.15) is 23.7 Å². The second kappa shape index (κ2) is 6.73. The maximum atomic E-state index is 11.8. The minimum absolute atomic E-state index is 0.0936. The van der Waals surface area contributed by atoms with E-state index in [0.717, 1.165) is 11.1 Å². The predicted octanol–water partition coefficient (Wildman–Crippen LogP) is 2.13. The van der Waals surface area contributed by atoms with Crippen LogP contribution < -0.4 is 10.5 Å². The van der Waals surface area contributed by atoms with Crippen LogP contribution >= 0.6 is 0 Å². The molecule has 0 atom stereocenters. The van der Waals surface area contributed by atoms with Crippen molar-refractivity contribution in [3.8, 4) is 11.5 Å². The van der Waals surface area contributed by atoms with Gasteiger partial charge in [-0.25, -0.2) is 4.79 Å². The summed E-state index contributed by atoms with van der Waals surface area (Å²) in [7, 11) is 1.53. The summed E-state index contributed by atoms with van der Waals surface area (Å²) in [5, 5.41) is 10.5. The van der Waals surface area contributed by atoms with E-state index in [2.05, 4.69) is 0 Å². The second-order valence-electron chi connectivity index (χ2n) is 5.64. The lowest BCUT2D eigenvalue weighted by Crippen LogP contribution is -2.09. The highest BCUT2D eigenvalue weighted by Gasteiger charge is 2.31. The molecule has 0 fully saturated rings. The molecule has 3 N–H and O–H groups in total. The van der Waals surface area contributed by atoms with Gasteiger partial charge in [-0.1, -0.05) is 11.6 Å². The highest BCUT2D eigenvalue weighted by atomic mass is 16.5. The maximum absolute atomic E-state index is 11.8. The van der Waals surface area contributed by atoms with Gasteiger partial charge in [-0.05, 0) is 32.3 Å². The maximum Gasteiger partial charge on any atom is 0.342 e. The number of ether oxygens (including phenoxy) is 2. The molecule has 1 amide bonds. The molecule has 0 saturated heterocycles. The van der Waals surface area contributed by atoms with Gasteiger partial charge in [-0.2, -0.15) is 0 Å². The number of allylic oxidation sites excluding steroid dienone is 2. The first-order valence-electron chi connectivity index (χ1n) is 7.39. The molecule has 0 unspecified atom stereocenters.